The van der Waals surface area contributed by atoms with Gasteiger partial charge in [0, 0.05) is 50.6 Å². The number of pyridine rings is 1. The smallest absolute Gasteiger partial charge is 0.253 e. The van der Waals surface area contributed by atoms with Crippen LogP contribution in [0.25, 0.3) is 0 Å². The third-order valence-electron chi connectivity index (χ3n) is 5.68. The number of benzene rings is 1. The van der Waals surface area contributed by atoms with Crippen molar-refractivity contribution < 1.29 is 9.90 Å². The van der Waals surface area contributed by atoms with Crippen molar-refractivity contribution >= 4 is 5.91 Å². The molecule has 8 nitrogen and oxygen atoms in total. The van der Waals surface area contributed by atoms with Gasteiger partial charge in [-0.1, -0.05) is 24.0 Å². The first kappa shape index (κ1) is 23.6. The van der Waals surface area contributed by atoms with Crippen LogP contribution in [0.3, 0.4) is 0 Å². The summed E-state index contributed by atoms with van der Waals surface area (Å²) in [6.45, 7) is 8.62. The lowest BCUT2D eigenvalue weighted by molar-refractivity contribution is 0.0937. The molecule has 1 atom stereocenters. The number of hydrogen-bond acceptors (Lipinski definition) is 6. The van der Waals surface area contributed by atoms with E-state index in [1.165, 1.54) is 5.56 Å². The molecule has 2 N–H and O–H groups in total. The normalized spacial score (nSPS) is 14.9. The standard InChI is InChI=1S/C26H30N6O2/c1-19(28-25(33)22-5-4-13-27-17-22)24-30-29-23-11-14-31(15-16-32(23)24)18-21-8-6-20(7-9-21)10-12-26(2,3)34/h4-9,13,17,19,34H,11,14-16,18H2,1-3H3,(H,28,33). The van der Waals surface area contributed by atoms with Gasteiger partial charge in [0.1, 0.15) is 11.4 Å². The fourth-order valence-corrected chi connectivity index (χ4v) is 3.89. The first-order valence-electron chi connectivity index (χ1n) is 11.5. The summed E-state index contributed by atoms with van der Waals surface area (Å²) in [5.41, 5.74) is 1.62. The summed E-state index contributed by atoms with van der Waals surface area (Å²) in [5, 5.41) is 21.5. The van der Waals surface area contributed by atoms with Crippen LogP contribution in [0.5, 0.6) is 0 Å². The highest BCUT2D eigenvalue weighted by molar-refractivity contribution is 5.94. The number of carbonyl (C=O) groups excluding carboxylic acids is 1. The number of aromatic nitrogens is 4. The monoisotopic (exact) mass is 458 g/mol. The zero-order valence-electron chi connectivity index (χ0n) is 19.8. The number of hydrogen-bond donors (Lipinski definition) is 2. The van der Waals surface area contributed by atoms with Crippen molar-refractivity contribution in [3.63, 3.8) is 0 Å². The molecule has 1 unspecified atom stereocenters. The summed E-state index contributed by atoms with van der Waals surface area (Å²) >= 11 is 0. The number of fused-ring (bicyclic) bond motifs is 1. The number of nitrogens with one attached hydrogen (secondary N) is 1. The maximum absolute atomic E-state index is 12.5. The van der Waals surface area contributed by atoms with E-state index in [0.29, 0.717) is 5.56 Å². The first-order chi connectivity index (χ1) is 16.3. The van der Waals surface area contributed by atoms with E-state index in [4.69, 9.17) is 0 Å². The second-order valence-electron chi connectivity index (χ2n) is 9.10. The molecule has 3 heterocycles. The van der Waals surface area contributed by atoms with E-state index in [1.54, 1.807) is 38.4 Å². The molecule has 0 aliphatic carbocycles. The van der Waals surface area contributed by atoms with Crippen molar-refractivity contribution in [1.82, 2.24) is 30.0 Å². The Hall–Kier alpha value is -3.54. The van der Waals surface area contributed by atoms with E-state index >= 15 is 0 Å². The molecule has 0 bridgehead atoms. The molecule has 0 saturated carbocycles. The molecular formula is C26H30N6O2. The van der Waals surface area contributed by atoms with Crippen LogP contribution < -0.4 is 5.32 Å². The minimum absolute atomic E-state index is 0.177. The van der Waals surface area contributed by atoms with Gasteiger partial charge in [0.15, 0.2) is 5.82 Å². The molecule has 1 aliphatic heterocycles. The SMILES string of the molecule is CC(NC(=O)c1cccnc1)c1nnc2n1CCN(Cc1ccc(C#CC(C)(C)O)cc1)CC2. The number of amides is 1. The lowest BCUT2D eigenvalue weighted by atomic mass is 10.1. The third-order valence-corrected chi connectivity index (χ3v) is 5.68. The van der Waals surface area contributed by atoms with Gasteiger partial charge >= 0.3 is 0 Å². The highest BCUT2D eigenvalue weighted by Gasteiger charge is 2.23. The van der Waals surface area contributed by atoms with Crippen LogP contribution in [-0.4, -0.2) is 54.4 Å². The van der Waals surface area contributed by atoms with Gasteiger partial charge in [-0.25, -0.2) is 0 Å². The molecule has 1 aromatic carbocycles. The van der Waals surface area contributed by atoms with E-state index in [9.17, 15) is 9.90 Å². The minimum Gasteiger partial charge on any atom is -0.378 e. The average molecular weight is 459 g/mol. The summed E-state index contributed by atoms with van der Waals surface area (Å²) in [5.74, 6) is 7.38. The lowest BCUT2D eigenvalue weighted by Crippen LogP contribution is -2.30. The summed E-state index contributed by atoms with van der Waals surface area (Å²) in [4.78, 5) is 18.9. The quantitative estimate of drug-likeness (QED) is 0.570. The maximum atomic E-state index is 12.5. The molecule has 0 saturated heterocycles. The van der Waals surface area contributed by atoms with E-state index in [-0.39, 0.29) is 11.9 Å². The summed E-state index contributed by atoms with van der Waals surface area (Å²) in [7, 11) is 0. The highest BCUT2D eigenvalue weighted by atomic mass is 16.3. The van der Waals surface area contributed by atoms with Crippen molar-refractivity contribution in [2.75, 3.05) is 13.1 Å². The van der Waals surface area contributed by atoms with Crippen molar-refractivity contribution in [3.05, 3.63) is 77.1 Å². The van der Waals surface area contributed by atoms with Crippen LogP contribution >= 0.6 is 0 Å². The van der Waals surface area contributed by atoms with Gasteiger partial charge in [0.25, 0.3) is 5.91 Å². The topological polar surface area (TPSA) is 96.2 Å². The zero-order valence-corrected chi connectivity index (χ0v) is 19.8. The molecule has 1 amide bonds. The Morgan fingerprint density at radius 2 is 1.97 bits per heavy atom. The van der Waals surface area contributed by atoms with Crippen LogP contribution in [-0.2, 0) is 19.5 Å². The molecule has 4 rings (SSSR count). The Bertz CT molecular complexity index is 1190. The molecule has 176 valence electrons. The van der Waals surface area contributed by atoms with Gasteiger partial charge in [0.05, 0.1) is 11.6 Å². The fraction of sp³-hybridized carbons (Fsp3) is 0.385. The number of nitrogens with zero attached hydrogens (tertiary/aromatic N) is 5. The largest absolute Gasteiger partial charge is 0.378 e. The van der Waals surface area contributed by atoms with Crippen molar-refractivity contribution in [1.29, 1.82) is 0 Å². The predicted octanol–water partition coefficient (Wildman–Crippen LogP) is 2.34. The van der Waals surface area contributed by atoms with Crippen LogP contribution in [0.2, 0.25) is 0 Å². The first-order valence-corrected chi connectivity index (χ1v) is 11.5. The van der Waals surface area contributed by atoms with Crippen LogP contribution in [0.1, 0.15) is 59.9 Å². The number of aliphatic hydroxyl groups is 1. The summed E-state index contributed by atoms with van der Waals surface area (Å²) in [6, 6.07) is 11.4. The summed E-state index contributed by atoms with van der Waals surface area (Å²) < 4.78 is 2.13. The molecule has 8 heteroatoms. The molecule has 2 aromatic heterocycles. The van der Waals surface area contributed by atoms with Gasteiger partial charge in [-0.15, -0.1) is 10.2 Å². The summed E-state index contributed by atoms with van der Waals surface area (Å²) in [6.07, 6.45) is 3.99. The Kier molecular flexibility index (Phi) is 7.06. The van der Waals surface area contributed by atoms with Gasteiger partial charge in [0.2, 0.25) is 0 Å². The second-order valence-corrected chi connectivity index (χ2v) is 9.10. The van der Waals surface area contributed by atoms with E-state index in [0.717, 1.165) is 49.8 Å². The van der Waals surface area contributed by atoms with Gasteiger partial charge in [-0.05, 0) is 50.6 Å². The van der Waals surface area contributed by atoms with E-state index < -0.39 is 5.60 Å². The zero-order chi connectivity index (χ0) is 24.1. The number of rotatable bonds is 5. The van der Waals surface area contributed by atoms with E-state index in [1.807, 2.05) is 19.1 Å². The minimum atomic E-state index is -0.998. The van der Waals surface area contributed by atoms with Gasteiger partial charge in [-0.2, -0.15) is 0 Å². The molecule has 34 heavy (non-hydrogen) atoms. The van der Waals surface area contributed by atoms with Crippen LogP contribution in [0, 0.1) is 11.8 Å². The maximum Gasteiger partial charge on any atom is 0.253 e. The third kappa shape index (κ3) is 6.07. The van der Waals surface area contributed by atoms with Crippen molar-refractivity contribution in [2.45, 2.75) is 51.9 Å². The Labute approximate surface area is 200 Å². The van der Waals surface area contributed by atoms with Crippen molar-refractivity contribution in [2.24, 2.45) is 0 Å². The highest BCUT2D eigenvalue weighted by Crippen LogP contribution is 2.17. The van der Waals surface area contributed by atoms with Crippen LogP contribution in [0.15, 0.2) is 48.8 Å². The van der Waals surface area contributed by atoms with Crippen LogP contribution in [0.4, 0.5) is 0 Å². The fourth-order valence-electron chi connectivity index (χ4n) is 3.89. The molecule has 1 aliphatic rings. The van der Waals surface area contributed by atoms with E-state index in [2.05, 4.69) is 53.9 Å². The Balaban J connectivity index is 1.37. The second kappa shape index (κ2) is 10.2. The molecule has 3 aromatic rings. The predicted molar refractivity (Wildman–Crippen MR) is 129 cm³/mol. The molecule has 0 fully saturated rings. The Morgan fingerprint density at radius 1 is 1.18 bits per heavy atom. The number of carbonyl (C=O) groups is 1. The molecule has 0 spiro atoms. The lowest BCUT2D eigenvalue weighted by Gasteiger charge is -2.20. The molecular weight excluding hydrogens is 428 g/mol. The van der Waals surface area contributed by atoms with Crippen molar-refractivity contribution in [3.8, 4) is 11.8 Å². The van der Waals surface area contributed by atoms with Gasteiger partial charge in [-0.3, -0.25) is 14.7 Å². The van der Waals surface area contributed by atoms with Gasteiger partial charge < -0.3 is 15.0 Å². The average Bonchev–Trinajstić information content (AvgIpc) is 3.13. The Morgan fingerprint density at radius 3 is 2.68 bits per heavy atom. The molecule has 0 radical (unpaired) electrons.